The molecular formula is C9H12N6OS. The van der Waals surface area contributed by atoms with Crippen molar-refractivity contribution >= 4 is 23.3 Å². The number of carbonyl (C=O) groups is 1. The number of nitrogens with one attached hydrogen (secondary N) is 1. The lowest BCUT2D eigenvalue weighted by Crippen LogP contribution is -2.10. The highest BCUT2D eigenvalue weighted by molar-refractivity contribution is 7.03. The number of carbonyl (C=O) groups excluding carboxylic acids is 1. The fraction of sp³-hybridized carbons (Fsp3) is 0.111. The molecule has 2 rings (SSSR count). The summed E-state index contributed by atoms with van der Waals surface area (Å²) in [5.74, 6) is 0.938. The van der Waals surface area contributed by atoms with Crippen LogP contribution < -0.4 is 11.5 Å². The van der Waals surface area contributed by atoms with Crippen LogP contribution in [0.2, 0.25) is 0 Å². The number of anilines is 1. The molecule has 0 bridgehead atoms. The van der Waals surface area contributed by atoms with E-state index in [1.54, 1.807) is 12.3 Å². The second-order valence-electron chi connectivity index (χ2n) is 2.93. The zero-order chi connectivity index (χ0) is 12.7. The third-order valence-corrected chi connectivity index (χ3v) is 2.10. The number of allylic oxidation sites excluding steroid dienone is 1. The molecule has 2 aromatic heterocycles. The number of hydrogen-bond acceptors (Lipinski definition) is 6. The molecule has 17 heavy (non-hydrogen) atoms. The zero-order valence-corrected chi connectivity index (χ0v) is 9.78. The second-order valence-corrected chi connectivity index (χ2v) is 3.54. The molecule has 0 aliphatic rings. The van der Waals surface area contributed by atoms with E-state index in [1.807, 2.05) is 0 Å². The fourth-order valence-electron chi connectivity index (χ4n) is 0.891. The molecule has 8 heteroatoms. The third kappa shape index (κ3) is 4.43. The van der Waals surface area contributed by atoms with Gasteiger partial charge in [-0.05, 0) is 11.5 Å². The van der Waals surface area contributed by atoms with Crippen molar-refractivity contribution in [1.29, 1.82) is 0 Å². The van der Waals surface area contributed by atoms with Crippen LogP contribution in [0.15, 0.2) is 24.2 Å². The summed E-state index contributed by atoms with van der Waals surface area (Å²) < 4.78 is 3.43. The van der Waals surface area contributed by atoms with Crippen LogP contribution in [0.1, 0.15) is 16.3 Å². The Morgan fingerprint density at radius 1 is 1.65 bits per heavy atom. The van der Waals surface area contributed by atoms with E-state index in [2.05, 4.69) is 26.1 Å². The Morgan fingerprint density at radius 2 is 2.41 bits per heavy atom. The van der Waals surface area contributed by atoms with E-state index in [0.29, 0.717) is 5.82 Å². The molecule has 0 fully saturated rings. The van der Waals surface area contributed by atoms with Crippen molar-refractivity contribution in [2.45, 2.75) is 6.42 Å². The van der Waals surface area contributed by atoms with Gasteiger partial charge < -0.3 is 16.5 Å². The van der Waals surface area contributed by atoms with E-state index < -0.39 is 5.91 Å². The van der Waals surface area contributed by atoms with Crippen molar-refractivity contribution in [3.8, 4) is 0 Å². The van der Waals surface area contributed by atoms with Gasteiger partial charge in [-0.2, -0.15) is 0 Å². The first-order valence-corrected chi connectivity index (χ1v) is 5.44. The summed E-state index contributed by atoms with van der Waals surface area (Å²) in [4.78, 5) is 17.0. The highest BCUT2D eigenvalue weighted by atomic mass is 32.1. The van der Waals surface area contributed by atoms with Crippen molar-refractivity contribution in [3.05, 3.63) is 35.8 Å². The van der Waals surface area contributed by atoms with E-state index in [4.69, 9.17) is 11.5 Å². The summed E-state index contributed by atoms with van der Waals surface area (Å²) in [6, 6.07) is 0. The first kappa shape index (κ1) is 12.8. The summed E-state index contributed by atoms with van der Waals surface area (Å²) in [6.07, 6.45) is 4.12. The quantitative estimate of drug-likeness (QED) is 0.680. The Labute approximate surface area is 102 Å². The smallest absolute Gasteiger partial charge is 0.270 e. The molecular weight excluding hydrogens is 240 g/mol. The number of amides is 1. The van der Waals surface area contributed by atoms with Crippen LogP contribution in [0.4, 0.5) is 5.82 Å². The number of H-pyrrole nitrogens is 1. The van der Waals surface area contributed by atoms with Crippen LogP contribution in [0.3, 0.4) is 0 Å². The van der Waals surface area contributed by atoms with Gasteiger partial charge in [0.2, 0.25) is 0 Å². The number of primary amides is 1. The van der Waals surface area contributed by atoms with Crippen LogP contribution in [0.5, 0.6) is 0 Å². The van der Waals surface area contributed by atoms with Gasteiger partial charge in [0, 0.05) is 11.8 Å². The van der Waals surface area contributed by atoms with E-state index in [1.165, 1.54) is 5.38 Å². The lowest BCUT2D eigenvalue weighted by Gasteiger charge is -1.84. The minimum absolute atomic E-state index is 0.231. The largest absolute Gasteiger partial charge is 0.384 e. The maximum Gasteiger partial charge on any atom is 0.270 e. The molecule has 0 aromatic carbocycles. The van der Waals surface area contributed by atoms with Crippen LogP contribution in [0.25, 0.3) is 0 Å². The van der Waals surface area contributed by atoms with Gasteiger partial charge in [-0.15, -0.1) is 11.7 Å². The summed E-state index contributed by atoms with van der Waals surface area (Å²) in [6.45, 7) is 3.56. The lowest BCUT2D eigenvalue weighted by molar-refractivity contribution is 0.0995. The molecule has 0 saturated heterocycles. The Hall–Kier alpha value is -2.22. The molecule has 0 radical (unpaired) electrons. The van der Waals surface area contributed by atoms with Gasteiger partial charge in [-0.3, -0.25) is 4.79 Å². The van der Waals surface area contributed by atoms with Gasteiger partial charge in [0.1, 0.15) is 11.6 Å². The molecule has 0 aliphatic heterocycles. The molecule has 2 heterocycles. The molecule has 0 spiro atoms. The van der Waals surface area contributed by atoms with Gasteiger partial charge in [0.25, 0.3) is 5.91 Å². The molecule has 90 valence electrons. The summed E-state index contributed by atoms with van der Waals surface area (Å²) in [5, 5.41) is 4.91. The van der Waals surface area contributed by atoms with Crippen LogP contribution in [-0.2, 0) is 6.42 Å². The van der Waals surface area contributed by atoms with Crippen molar-refractivity contribution < 1.29 is 4.79 Å². The van der Waals surface area contributed by atoms with Crippen molar-refractivity contribution in [2.75, 3.05) is 5.73 Å². The first-order chi connectivity index (χ1) is 8.13. The SMILES string of the molecule is C=CCc1ncc(N)[nH]1.NC(=O)c1csnn1. The number of nitrogens with two attached hydrogens (primary N) is 2. The summed E-state index contributed by atoms with van der Waals surface area (Å²) in [7, 11) is 0. The fourth-order valence-corrected chi connectivity index (χ4v) is 1.34. The minimum Gasteiger partial charge on any atom is -0.384 e. The number of aromatic nitrogens is 4. The number of rotatable bonds is 3. The highest BCUT2D eigenvalue weighted by Gasteiger charge is 1.99. The number of hydrogen-bond donors (Lipinski definition) is 3. The predicted octanol–water partition coefficient (Wildman–Crippen LogP) is 0.357. The van der Waals surface area contributed by atoms with Crippen LogP contribution in [-0.4, -0.2) is 25.5 Å². The van der Waals surface area contributed by atoms with Gasteiger partial charge in [0.05, 0.1) is 6.20 Å². The van der Waals surface area contributed by atoms with E-state index in [-0.39, 0.29) is 5.69 Å². The standard InChI is InChI=1S/C6H9N3.C3H3N3OS/c1-2-3-6-8-4-5(7)9-6;4-3(7)2-1-8-6-5-2/h2,4H,1,3,7H2,(H,8,9);1H,(H2,4,7). The first-order valence-electron chi connectivity index (χ1n) is 4.60. The Morgan fingerprint density at radius 3 is 2.76 bits per heavy atom. The molecule has 0 unspecified atom stereocenters. The van der Waals surface area contributed by atoms with Gasteiger partial charge in [0.15, 0.2) is 5.69 Å². The topological polar surface area (TPSA) is 124 Å². The van der Waals surface area contributed by atoms with Gasteiger partial charge in [-0.25, -0.2) is 4.98 Å². The normalized spacial score (nSPS) is 9.18. The lowest BCUT2D eigenvalue weighted by atomic mass is 10.4. The van der Waals surface area contributed by atoms with E-state index >= 15 is 0 Å². The van der Waals surface area contributed by atoms with Crippen molar-refractivity contribution in [3.63, 3.8) is 0 Å². The minimum atomic E-state index is -0.529. The van der Waals surface area contributed by atoms with E-state index in [9.17, 15) is 4.79 Å². The number of aromatic amines is 1. The van der Waals surface area contributed by atoms with Crippen LogP contribution in [0, 0.1) is 0 Å². The average Bonchev–Trinajstić information content (AvgIpc) is 2.90. The molecule has 2 aromatic rings. The number of imidazole rings is 1. The summed E-state index contributed by atoms with van der Waals surface area (Å²) >= 11 is 1.11. The zero-order valence-electron chi connectivity index (χ0n) is 8.96. The van der Waals surface area contributed by atoms with Crippen molar-refractivity contribution in [1.82, 2.24) is 19.6 Å². The average molecular weight is 252 g/mol. The Kier molecular flexibility index (Phi) is 4.82. The van der Waals surface area contributed by atoms with Crippen molar-refractivity contribution in [2.24, 2.45) is 5.73 Å². The number of nitrogen functional groups attached to an aromatic ring is 1. The molecule has 0 aliphatic carbocycles. The highest BCUT2D eigenvalue weighted by Crippen LogP contribution is 1.97. The third-order valence-electron chi connectivity index (χ3n) is 1.60. The number of nitrogens with zero attached hydrogens (tertiary/aromatic N) is 3. The second kappa shape index (κ2) is 6.38. The van der Waals surface area contributed by atoms with Gasteiger partial charge in [-0.1, -0.05) is 10.6 Å². The Bertz CT molecular complexity index is 477. The monoisotopic (exact) mass is 252 g/mol. The maximum absolute atomic E-state index is 10.2. The molecule has 7 nitrogen and oxygen atoms in total. The summed E-state index contributed by atoms with van der Waals surface area (Å²) in [5.41, 5.74) is 10.4. The molecule has 0 atom stereocenters. The van der Waals surface area contributed by atoms with Gasteiger partial charge >= 0.3 is 0 Å². The predicted molar refractivity (Wildman–Crippen MR) is 65.3 cm³/mol. The Balaban J connectivity index is 0.000000171. The molecule has 5 N–H and O–H groups in total. The van der Waals surface area contributed by atoms with Crippen LogP contribution >= 0.6 is 11.5 Å². The molecule has 1 amide bonds. The molecule has 0 saturated carbocycles. The maximum atomic E-state index is 10.2. The van der Waals surface area contributed by atoms with E-state index in [0.717, 1.165) is 23.8 Å².